The Balaban J connectivity index is 1.76. The number of rotatable bonds is 11. The molecule has 0 atom stereocenters. The largest absolute Gasteiger partial charge is 0.482 e. The van der Waals surface area contributed by atoms with Gasteiger partial charge in [0.2, 0.25) is 0 Å². The van der Waals surface area contributed by atoms with E-state index < -0.39 is 17.7 Å². The first-order chi connectivity index (χ1) is 15.1. The zero-order valence-corrected chi connectivity index (χ0v) is 18.4. The maximum Gasteiger partial charge on any atom is 0.416 e. The molecule has 3 N–H and O–H groups in total. The number of hydrogen-bond acceptors (Lipinski definition) is 6. The summed E-state index contributed by atoms with van der Waals surface area (Å²) in [7, 11) is 0. The molecule has 0 aliphatic heterocycles. The molecule has 0 radical (unpaired) electrons. The molecular formula is C22H24F3N3O3S. The Labute approximate surface area is 188 Å². The van der Waals surface area contributed by atoms with Crippen molar-refractivity contribution in [2.45, 2.75) is 37.8 Å². The highest BCUT2D eigenvalue weighted by atomic mass is 32.2. The number of halogens is 3. The molecule has 2 aromatic rings. The normalized spacial score (nSPS) is 11.8. The van der Waals surface area contributed by atoms with Gasteiger partial charge in [0.25, 0.3) is 0 Å². The average Bonchev–Trinajstić information content (AvgIpc) is 2.73. The minimum Gasteiger partial charge on any atom is -0.482 e. The second-order valence-corrected chi connectivity index (χ2v) is 8.09. The van der Waals surface area contributed by atoms with Gasteiger partial charge in [0.05, 0.1) is 22.7 Å². The number of anilines is 1. The lowest BCUT2D eigenvalue weighted by atomic mass is 10.1. The van der Waals surface area contributed by atoms with E-state index in [4.69, 9.17) is 15.3 Å². The van der Waals surface area contributed by atoms with Gasteiger partial charge in [-0.1, -0.05) is 0 Å². The van der Waals surface area contributed by atoms with Crippen LogP contribution in [0.1, 0.15) is 30.9 Å². The first-order valence-electron chi connectivity index (χ1n) is 9.69. The van der Waals surface area contributed by atoms with Gasteiger partial charge in [0, 0.05) is 4.90 Å². The number of aliphatic carboxylic acids is 1. The summed E-state index contributed by atoms with van der Waals surface area (Å²) in [6, 6.07) is 10.1. The Morgan fingerprint density at radius 1 is 1.22 bits per heavy atom. The van der Waals surface area contributed by atoms with Crippen molar-refractivity contribution < 1.29 is 27.8 Å². The van der Waals surface area contributed by atoms with Crippen LogP contribution in [0.25, 0.3) is 0 Å². The van der Waals surface area contributed by atoms with Gasteiger partial charge in [-0.25, -0.2) is 4.79 Å². The van der Waals surface area contributed by atoms with Gasteiger partial charge in [-0.2, -0.15) is 18.3 Å². The summed E-state index contributed by atoms with van der Waals surface area (Å²) in [5.41, 5.74) is 4.01. The highest BCUT2D eigenvalue weighted by Gasteiger charge is 2.29. The molecule has 2 aromatic carbocycles. The molecule has 0 saturated heterocycles. The van der Waals surface area contributed by atoms with Crippen LogP contribution in [0.4, 0.5) is 18.9 Å². The standard InChI is InChI=1S/C22H24F3N3O3S/c1-14-12-18(9-10-20(14)31-13-21(29)30)32-11-3-4-19(26)15(2)27-28-17-7-5-16(6-8-17)22(23,24)25/h5-10,12,26,28H,3-4,11,13H2,1-2H3,(H,29,30)/b26-19?,27-15-. The van der Waals surface area contributed by atoms with E-state index in [1.54, 1.807) is 24.8 Å². The number of aryl methyl sites for hydroxylation is 1. The van der Waals surface area contributed by atoms with Crippen LogP contribution < -0.4 is 10.2 Å². The zero-order valence-electron chi connectivity index (χ0n) is 17.6. The fourth-order valence-electron chi connectivity index (χ4n) is 2.58. The maximum atomic E-state index is 12.6. The van der Waals surface area contributed by atoms with Crippen molar-refractivity contribution in [3.63, 3.8) is 0 Å². The quantitative estimate of drug-likeness (QED) is 0.167. The molecule has 0 fully saturated rings. The third kappa shape index (κ3) is 8.26. The molecule has 0 bridgehead atoms. The molecule has 0 saturated carbocycles. The minimum atomic E-state index is -4.38. The Bertz CT molecular complexity index is 977. The second kappa shape index (κ2) is 11.6. The fourth-order valence-corrected chi connectivity index (χ4v) is 3.53. The molecule has 2 rings (SSSR count). The minimum absolute atomic E-state index is 0.346. The number of ether oxygens (including phenoxy) is 1. The summed E-state index contributed by atoms with van der Waals surface area (Å²) in [4.78, 5) is 11.6. The molecule has 32 heavy (non-hydrogen) atoms. The predicted octanol–water partition coefficient (Wildman–Crippen LogP) is 5.86. The first kappa shape index (κ1) is 25.3. The smallest absolute Gasteiger partial charge is 0.416 e. The number of nitrogens with one attached hydrogen (secondary N) is 2. The number of carboxylic acid groups (broad SMARTS) is 1. The van der Waals surface area contributed by atoms with Crippen LogP contribution in [-0.4, -0.2) is 34.9 Å². The van der Waals surface area contributed by atoms with Crippen molar-refractivity contribution in [3.8, 4) is 5.75 Å². The van der Waals surface area contributed by atoms with Gasteiger partial charge in [0.15, 0.2) is 6.61 Å². The molecule has 0 spiro atoms. The van der Waals surface area contributed by atoms with E-state index in [-0.39, 0.29) is 6.61 Å². The van der Waals surface area contributed by atoms with E-state index in [0.29, 0.717) is 29.3 Å². The lowest BCUT2D eigenvalue weighted by Crippen LogP contribution is -2.11. The van der Waals surface area contributed by atoms with Crippen molar-refractivity contribution in [1.29, 1.82) is 5.41 Å². The second-order valence-electron chi connectivity index (χ2n) is 6.92. The van der Waals surface area contributed by atoms with E-state index >= 15 is 0 Å². The number of hydrogen-bond donors (Lipinski definition) is 3. The van der Waals surface area contributed by atoms with E-state index in [1.807, 2.05) is 19.1 Å². The molecule has 0 aliphatic carbocycles. The number of hydrazone groups is 1. The molecule has 0 amide bonds. The van der Waals surface area contributed by atoms with Gasteiger partial charge in [-0.05, 0) is 80.5 Å². The van der Waals surface area contributed by atoms with Crippen LogP contribution in [0.5, 0.6) is 5.75 Å². The van der Waals surface area contributed by atoms with E-state index in [9.17, 15) is 18.0 Å². The molecule has 0 aromatic heterocycles. The monoisotopic (exact) mass is 467 g/mol. The van der Waals surface area contributed by atoms with Gasteiger partial charge in [-0.3, -0.25) is 5.43 Å². The maximum absolute atomic E-state index is 12.6. The number of thioether (sulfide) groups is 1. The first-order valence-corrected chi connectivity index (χ1v) is 10.7. The topological polar surface area (TPSA) is 94.8 Å². The summed E-state index contributed by atoms with van der Waals surface area (Å²) in [5, 5.41) is 20.9. The van der Waals surface area contributed by atoms with Crippen molar-refractivity contribution in [3.05, 3.63) is 53.6 Å². The zero-order chi connectivity index (χ0) is 23.7. The Morgan fingerprint density at radius 3 is 2.50 bits per heavy atom. The third-order valence-corrected chi connectivity index (χ3v) is 5.42. The molecule has 172 valence electrons. The predicted molar refractivity (Wildman–Crippen MR) is 120 cm³/mol. The van der Waals surface area contributed by atoms with Crippen LogP contribution in [0.3, 0.4) is 0 Å². The molecule has 0 unspecified atom stereocenters. The van der Waals surface area contributed by atoms with Gasteiger partial charge >= 0.3 is 12.1 Å². The highest BCUT2D eigenvalue weighted by molar-refractivity contribution is 7.99. The van der Waals surface area contributed by atoms with Crippen LogP contribution >= 0.6 is 11.8 Å². The summed E-state index contributed by atoms with van der Waals surface area (Å²) in [5.74, 6) is 0.279. The molecule has 6 nitrogen and oxygen atoms in total. The van der Waals surface area contributed by atoms with Crippen molar-refractivity contribution >= 4 is 34.8 Å². The Morgan fingerprint density at radius 2 is 1.91 bits per heavy atom. The molecule has 0 aliphatic rings. The van der Waals surface area contributed by atoms with Crippen LogP contribution in [0.15, 0.2) is 52.5 Å². The summed E-state index contributed by atoms with van der Waals surface area (Å²) in [6.07, 6.45) is -3.13. The van der Waals surface area contributed by atoms with Crippen molar-refractivity contribution in [2.75, 3.05) is 17.8 Å². The van der Waals surface area contributed by atoms with Crippen molar-refractivity contribution in [1.82, 2.24) is 0 Å². The third-order valence-electron chi connectivity index (χ3n) is 4.34. The van der Waals surface area contributed by atoms with Gasteiger partial charge < -0.3 is 15.3 Å². The Kier molecular flexibility index (Phi) is 9.13. The van der Waals surface area contributed by atoms with Gasteiger partial charge in [-0.15, -0.1) is 11.8 Å². The molecule has 0 heterocycles. The highest BCUT2D eigenvalue weighted by Crippen LogP contribution is 2.30. The van der Waals surface area contributed by atoms with Gasteiger partial charge in [0.1, 0.15) is 5.75 Å². The summed E-state index contributed by atoms with van der Waals surface area (Å²) in [6.45, 7) is 3.14. The Hall–Kier alpha value is -3.01. The number of carboxylic acids is 1. The SMILES string of the molecule is C/C(=N/Nc1ccc(C(F)(F)F)cc1)C(=N)CCCSc1ccc(OCC(=O)O)c(C)c1. The lowest BCUT2D eigenvalue weighted by molar-refractivity contribution is -0.139. The fraction of sp³-hybridized carbons (Fsp3) is 0.318. The number of benzene rings is 2. The van der Waals surface area contributed by atoms with E-state index in [1.165, 1.54) is 12.1 Å². The van der Waals surface area contributed by atoms with Crippen molar-refractivity contribution in [2.24, 2.45) is 5.10 Å². The van der Waals surface area contributed by atoms with Crippen LogP contribution in [-0.2, 0) is 11.0 Å². The number of nitrogens with zero attached hydrogens (tertiary/aromatic N) is 1. The average molecular weight is 468 g/mol. The number of alkyl halides is 3. The summed E-state index contributed by atoms with van der Waals surface area (Å²) >= 11 is 1.62. The molecular weight excluding hydrogens is 443 g/mol. The molecule has 10 heteroatoms. The van der Waals surface area contributed by atoms with E-state index in [2.05, 4.69) is 10.5 Å². The van der Waals surface area contributed by atoms with E-state index in [0.717, 1.165) is 34.8 Å². The van der Waals surface area contributed by atoms with Crippen LogP contribution in [0, 0.1) is 12.3 Å². The van der Waals surface area contributed by atoms with Crippen LogP contribution in [0.2, 0.25) is 0 Å². The summed E-state index contributed by atoms with van der Waals surface area (Å²) < 4.78 is 43.0. The lowest BCUT2D eigenvalue weighted by Gasteiger charge is -2.09. The number of carbonyl (C=O) groups is 1.